The number of hydrogen-bond donors (Lipinski definition) is 1. The van der Waals surface area contributed by atoms with Crippen molar-refractivity contribution in [1.82, 2.24) is 9.78 Å². The van der Waals surface area contributed by atoms with E-state index in [0.29, 0.717) is 13.1 Å². The Morgan fingerprint density at radius 1 is 1.46 bits per heavy atom. The number of nitrogens with zero attached hydrogens (tertiary/aromatic N) is 2. The zero-order valence-corrected chi connectivity index (χ0v) is 7.07. The van der Waals surface area contributed by atoms with Crippen LogP contribution in [0.2, 0.25) is 0 Å². The smallest absolute Gasteiger partial charge is 0.124 e. The fourth-order valence-corrected chi connectivity index (χ4v) is 1.36. The molecule has 0 aliphatic carbocycles. The minimum Gasteiger partial charge on any atom is -0.329 e. The normalized spacial score (nSPS) is 10.9. The minimum absolute atomic E-state index is 0.236. The molecular formula is C9H10FN3. The Kier molecular flexibility index (Phi) is 1.98. The van der Waals surface area contributed by atoms with Crippen molar-refractivity contribution in [3.05, 3.63) is 30.2 Å². The Morgan fingerprint density at radius 3 is 3.08 bits per heavy atom. The molecule has 0 unspecified atom stereocenters. The number of benzene rings is 1. The van der Waals surface area contributed by atoms with E-state index in [2.05, 4.69) is 5.10 Å². The van der Waals surface area contributed by atoms with Crippen molar-refractivity contribution in [2.24, 2.45) is 5.73 Å². The van der Waals surface area contributed by atoms with E-state index in [-0.39, 0.29) is 5.82 Å². The van der Waals surface area contributed by atoms with E-state index in [0.717, 1.165) is 10.9 Å². The molecule has 0 atom stereocenters. The third kappa shape index (κ3) is 1.40. The van der Waals surface area contributed by atoms with Gasteiger partial charge in [-0.15, -0.1) is 0 Å². The number of aromatic nitrogens is 2. The third-order valence-corrected chi connectivity index (χ3v) is 1.94. The van der Waals surface area contributed by atoms with Crippen molar-refractivity contribution in [3.8, 4) is 0 Å². The van der Waals surface area contributed by atoms with Crippen molar-refractivity contribution in [3.63, 3.8) is 0 Å². The molecule has 68 valence electrons. The third-order valence-electron chi connectivity index (χ3n) is 1.94. The van der Waals surface area contributed by atoms with Crippen LogP contribution in [0.3, 0.4) is 0 Å². The van der Waals surface area contributed by atoms with Crippen molar-refractivity contribution in [1.29, 1.82) is 0 Å². The molecule has 1 heterocycles. The molecule has 0 amide bonds. The molecule has 4 heteroatoms. The van der Waals surface area contributed by atoms with Gasteiger partial charge < -0.3 is 5.73 Å². The quantitative estimate of drug-likeness (QED) is 0.751. The highest BCUT2D eigenvalue weighted by Gasteiger charge is 2.01. The molecule has 0 bridgehead atoms. The van der Waals surface area contributed by atoms with Crippen LogP contribution in [0.25, 0.3) is 10.9 Å². The molecule has 0 aliphatic heterocycles. The molecular weight excluding hydrogens is 169 g/mol. The van der Waals surface area contributed by atoms with Gasteiger partial charge in [-0.1, -0.05) is 0 Å². The second kappa shape index (κ2) is 3.14. The zero-order valence-electron chi connectivity index (χ0n) is 7.07. The molecule has 1 aromatic heterocycles. The summed E-state index contributed by atoms with van der Waals surface area (Å²) in [4.78, 5) is 0. The SMILES string of the molecule is NCCn1ncc2cc(F)ccc21. The Morgan fingerprint density at radius 2 is 2.31 bits per heavy atom. The summed E-state index contributed by atoms with van der Waals surface area (Å²) in [5.41, 5.74) is 6.33. The van der Waals surface area contributed by atoms with Crippen LogP contribution in [0.15, 0.2) is 24.4 Å². The summed E-state index contributed by atoms with van der Waals surface area (Å²) in [6, 6.07) is 4.61. The first kappa shape index (κ1) is 8.19. The van der Waals surface area contributed by atoms with Gasteiger partial charge in [-0.3, -0.25) is 4.68 Å². The maximum atomic E-state index is 12.8. The van der Waals surface area contributed by atoms with E-state index in [1.54, 1.807) is 16.9 Å². The molecule has 0 saturated heterocycles. The number of nitrogens with two attached hydrogens (primary N) is 1. The highest BCUT2D eigenvalue weighted by Crippen LogP contribution is 2.14. The van der Waals surface area contributed by atoms with E-state index in [9.17, 15) is 4.39 Å². The summed E-state index contributed by atoms with van der Waals surface area (Å²) in [6.07, 6.45) is 1.65. The number of fused-ring (bicyclic) bond motifs is 1. The molecule has 0 aliphatic rings. The van der Waals surface area contributed by atoms with Gasteiger partial charge in [0.1, 0.15) is 5.82 Å². The monoisotopic (exact) mass is 179 g/mol. The van der Waals surface area contributed by atoms with E-state index in [4.69, 9.17) is 5.73 Å². The highest BCUT2D eigenvalue weighted by atomic mass is 19.1. The zero-order chi connectivity index (χ0) is 9.26. The van der Waals surface area contributed by atoms with E-state index in [1.165, 1.54) is 12.1 Å². The van der Waals surface area contributed by atoms with E-state index >= 15 is 0 Å². The van der Waals surface area contributed by atoms with Crippen molar-refractivity contribution in [2.75, 3.05) is 6.54 Å². The van der Waals surface area contributed by atoms with Gasteiger partial charge in [0.15, 0.2) is 0 Å². The topological polar surface area (TPSA) is 43.8 Å². The molecule has 2 N–H and O–H groups in total. The average molecular weight is 179 g/mol. The summed E-state index contributed by atoms with van der Waals surface area (Å²) < 4.78 is 14.5. The van der Waals surface area contributed by atoms with Gasteiger partial charge in [-0.25, -0.2) is 4.39 Å². The summed E-state index contributed by atoms with van der Waals surface area (Å²) in [7, 11) is 0. The molecule has 0 saturated carbocycles. The Labute approximate surface area is 75.0 Å². The van der Waals surface area contributed by atoms with Gasteiger partial charge >= 0.3 is 0 Å². The van der Waals surface area contributed by atoms with Gasteiger partial charge in [0.25, 0.3) is 0 Å². The first-order valence-corrected chi connectivity index (χ1v) is 4.12. The molecule has 3 nitrogen and oxygen atoms in total. The van der Waals surface area contributed by atoms with Crippen LogP contribution >= 0.6 is 0 Å². The summed E-state index contributed by atoms with van der Waals surface area (Å²) in [6.45, 7) is 1.20. The fraction of sp³-hybridized carbons (Fsp3) is 0.222. The van der Waals surface area contributed by atoms with Gasteiger partial charge in [0.05, 0.1) is 18.3 Å². The summed E-state index contributed by atoms with van der Waals surface area (Å²) in [5.74, 6) is -0.236. The van der Waals surface area contributed by atoms with Crippen LogP contribution in [0, 0.1) is 5.82 Å². The van der Waals surface area contributed by atoms with Crippen molar-refractivity contribution >= 4 is 10.9 Å². The first-order valence-electron chi connectivity index (χ1n) is 4.12. The predicted octanol–water partition coefficient (Wildman–Crippen LogP) is 1.13. The van der Waals surface area contributed by atoms with E-state index in [1.807, 2.05) is 0 Å². The average Bonchev–Trinajstić information content (AvgIpc) is 2.49. The maximum absolute atomic E-state index is 12.8. The van der Waals surface area contributed by atoms with Crippen LogP contribution in [-0.2, 0) is 6.54 Å². The largest absolute Gasteiger partial charge is 0.329 e. The standard InChI is InChI=1S/C9H10FN3/c10-8-1-2-9-7(5-8)6-12-13(9)4-3-11/h1-2,5-6H,3-4,11H2. The Bertz CT molecular complexity index is 422. The van der Waals surface area contributed by atoms with Gasteiger partial charge in [0.2, 0.25) is 0 Å². The van der Waals surface area contributed by atoms with Crippen LogP contribution in [0.4, 0.5) is 4.39 Å². The minimum atomic E-state index is -0.236. The number of halogens is 1. The maximum Gasteiger partial charge on any atom is 0.124 e. The predicted molar refractivity (Wildman–Crippen MR) is 48.7 cm³/mol. The fourth-order valence-electron chi connectivity index (χ4n) is 1.36. The number of hydrogen-bond acceptors (Lipinski definition) is 2. The lowest BCUT2D eigenvalue weighted by Crippen LogP contribution is -2.10. The summed E-state index contributed by atoms with van der Waals surface area (Å²) >= 11 is 0. The highest BCUT2D eigenvalue weighted by molar-refractivity contribution is 5.78. The number of rotatable bonds is 2. The molecule has 0 radical (unpaired) electrons. The van der Waals surface area contributed by atoms with Crippen LogP contribution in [-0.4, -0.2) is 16.3 Å². The summed E-state index contributed by atoms with van der Waals surface area (Å²) in [5, 5.41) is 4.91. The lowest BCUT2D eigenvalue weighted by Gasteiger charge is -1.99. The molecule has 2 rings (SSSR count). The van der Waals surface area contributed by atoms with Crippen LogP contribution in [0.1, 0.15) is 0 Å². The molecule has 1 aromatic carbocycles. The lowest BCUT2D eigenvalue weighted by molar-refractivity contribution is 0.628. The second-order valence-electron chi connectivity index (χ2n) is 2.86. The first-order chi connectivity index (χ1) is 6.31. The van der Waals surface area contributed by atoms with Crippen LogP contribution in [0.5, 0.6) is 0 Å². The second-order valence-corrected chi connectivity index (χ2v) is 2.86. The molecule has 0 fully saturated rings. The van der Waals surface area contributed by atoms with Gasteiger partial charge in [-0.05, 0) is 18.2 Å². The Balaban J connectivity index is 2.55. The molecule has 13 heavy (non-hydrogen) atoms. The Hall–Kier alpha value is -1.42. The molecule has 2 aromatic rings. The van der Waals surface area contributed by atoms with E-state index < -0.39 is 0 Å². The lowest BCUT2D eigenvalue weighted by atomic mass is 10.2. The van der Waals surface area contributed by atoms with Crippen LogP contribution < -0.4 is 5.73 Å². The van der Waals surface area contributed by atoms with Crippen molar-refractivity contribution < 1.29 is 4.39 Å². The van der Waals surface area contributed by atoms with Crippen molar-refractivity contribution in [2.45, 2.75) is 6.54 Å². The van der Waals surface area contributed by atoms with Gasteiger partial charge in [0, 0.05) is 11.9 Å². The molecule has 0 spiro atoms. The van der Waals surface area contributed by atoms with Gasteiger partial charge in [-0.2, -0.15) is 5.10 Å².